The summed E-state index contributed by atoms with van der Waals surface area (Å²) in [7, 11) is 0. The molecule has 2 rings (SSSR count). The van der Waals surface area contributed by atoms with E-state index in [1.165, 1.54) is 0 Å². The van der Waals surface area contributed by atoms with Crippen molar-refractivity contribution in [2.75, 3.05) is 18.5 Å². The molecule has 0 saturated heterocycles. The predicted octanol–water partition coefficient (Wildman–Crippen LogP) is 2.95. The molecule has 0 fully saturated rings. The zero-order valence-corrected chi connectivity index (χ0v) is 14.7. The van der Waals surface area contributed by atoms with Gasteiger partial charge in [0.2, 0.25) is 5.91 Å². The van der Waals surface area contributed by atoms with Crippen LogP contribution in [-0.4, -0.2) is 41.2 Å². The Kier molecular flexibility index (Phi) is 6.82. The van der Waals surface area contributed by atoms with E-state index in [9.17, 15) is 9.59 Å². The van der Waals surface area contributed by atoms with E-state index in [0.717, 1.165) is 0 Å². The van der Waals surface area contributed by atoms with Crippen LogP contribution >= 0.6 is 0 Å². The van der Waals surface area contributed by atoms with Crippen molar-refractivity contribution in [3.8, 4) is 0 Å². The smallest absolute Gasteiger partial charge is 0.341 e. The molecule has 0 saturated carbocycles. The monoisotopic (exact) mass is 345 g/mol. The number of pyridine rings is 2. The largest absolute Gasteiger partial charge is 0.462 e. The fourth-order valence-electron chi connectivity index (χ4n) is 2.21. The summed E-state index contributed by atoms with van der Waals surface area (Å²) in [6.07, 6.45) is 2.60. The van der Waals surface area contributed by atoms with Crippen molar-refractivity contribution in [1.82, 2.24) is 9.97 Å². The van der Waals surface area contributed by atoms with E-state index in [1.807, 2.05) is 13.8 Å². The number of nitrogens with one attached hydrogen (secondary N) is 1. The molecule has 25 heavy (non-hydrogen) atoms. The number of aromatic nitrogens is 2. The normalized spacial score (nSPS) is 10.9. The first kappa shape index (κ1) is 18.8. The number of ether oxygens (including phenoxy) is 2. The van der Waals surface area contributed by atoms with Gasteiger partial charge in [0.1, 0.15) is 11.4 Å². The van der Waals surface area contributed by atoms with E-state index in [0.29, 0.717) is 24.1 Å². The number of nitrogens with zero attached hydrogens (tertiary/aromatic N) is 2. The van der Waals surface area contributed by atoms with E-state index in [4.69, 9.17) is 9.47 Å². The molecule has 7 heteroatoms. The lowest BCUT2D eigenvalue weighted by atomic mass is 10.2. The quantitative estimate of drug-likeness (QED) is 0.584. The molecule has 2 aromatic heterocycles. The molecule has 0 aliphatic heterocycles. The molecule has 0 unspecified atom stereocenters. The Balaban J connectivity index is 2.15. The fourth-order valence-corrected chi connectivity index (χ4v) is 2.21. The third-order valence-electron chi connectivity index (χ3n) is 3.34. The van der Waals surface area contributed by atoms with E-state index in [1.54, 1.807) is 31.3 Å². The van der Waals surface area contributed by atoms with Gasteiger partial charge in [-0.05, 0) is 45.4 Å². The molecule has 2 heterocycles. The molecule has 1 amide bonds. The average Bonchev–Trinajstić information content (AvgIpc) is 2.58. The van der Waals surface area contributed by atoms with Crippen molar-refractivity contribution in [2.24, 2.45) is 0 Å². The topological polar surface area (TPSA) is 90.4 Å². The summed E-state index contributed by atoms with van der Waals surface area (Å²) in [4.78, 5) is 32.8. The van der Waals surface area contributed by atoms with Crippen LogP contribution in [0, 0.1) is 0 Å². The van der Waals surface area contributed by atoms with Gasteiger partial charge in [0, 0.05) is 24.6 Å². The second-order valence-corrected chi connectivity index (χ2v) is 5.73. The van der Waals surface area contributed by atoms with E-state index in [-0.39, 0.29) is 36.4 Å². The summed E-state index contributed by atoms with van der Waals surface area (Å²) < 4.78 is 10.5. The van der Waals surface area contributed by atoms with Gasteiger partial charge in [-0.2, -0.15) is 0 Å². The number of hydrogen-bond donors (Lipinski definition) is 1. The second-order valence-electron chi connectivity index (χ2n) is 5.73. The number of carbonyl (C=O) groups is 2. The van der Waals surface area contributed by atoms with Crippen LogP contribution in [0.2, 0.25) is 0 Å². The maximum absolute atomic E-state index is 12.2. The van der Waals surface area contributed by atoms with Gasteiger partial charge in [-0.15, -0.1) is 0 Å². The standard InChI is InChI=1S/C18H23N3O4/c1-4-24-18(23)14-11-13-7-5-9-19-16(13)21-17(14)20-15(22)8-6-10-25-12(2)3/h5,7,9,11-12H,4,6,8,10H2,1-3H3,(H,19,20,21,22). The summed E-state index contributed by atoms with van der Waals surface area (Å²) in [5.41, 5.74) is 0.670. The summed E-state index contributed by atoms with van der Waals surface area (Å²) in [6.45, 7) is 6.35. The summed E-state index contributed by atoms with van der Waals surface area (Å²) in [5, 5.41) is 3.39. The van der Waals surface area contributed by atoms with Gasteiger partial charge >= 0.3 is 5.97 Å². The van der Waals surface area contributed by atoms with Crippen molar-refractivity contribution < 1.29 is 19.1 Å². The molecule has 7 nitrogen and oxygen atoms in total. The summed E-state index contributed by atoms with van der Waals surface area (Å²) in [5.74, 6) is -0.598. The van der Waals surface area contributed by atoms with Gasteiger partial charge in [-0.1, -0.05) is 0 Å². The molecule has 0 bridgehead atoms. The van der Waals surface area contributed by atoms with Gasteiger partial charge in [-0.3, -0.25) is 4.79 Å². The van der Waals surface area contributed by atoms with Crippen LogP contribution in [0.25, 0.3) is 11.0 Å². The van der Waals surface area contributed by atoms with Crippen LogP contribution in [0.1, 0.15) is 44.0 Å². The Morgan fingerprint density at radius 1 is 1.32 bits per heavy atom. The molecule has 0 radical (unpaired) electrons. The maximum atomic E-state index is 12.2. The highest BCUT2D eigenvalue weighted by molar-refractivity contribution is 6.02. The number of amides is 1. The zero-order valence-electron chi connectivity index (χ0n) is 14.7. The van der Waals surface area contributed by atoms with Crippen molar-refractivity contribution in [1.29, 1.82) is 0 Å². The van der Waals surface area contributed by atoms with Crippen LogP contribution < -0.4 is 5.32 Å². The highest BCUT2D eigenvalue weighted by Gasteiger charge is 2.18. The minimum atomic E-state index is -0.529. The Morgan fingerprint density at radius 3 is 2.84 bits per heavy atom. The number of esters is 1. The SMILES string of the molecule is CCOC(=O)c1cc2cccnc2nc1NC(=O)CCCOC(C)C. The molecule has 0 aromatic carbocycles. The van der Waals surface area contributed by atoms with Crippen LogP contribution in [0.4, 0.5) is 5.82 Å². The highest BCUT2D eigenvalue weighted by Crippen LogP contribution is 2.20. The van der Waals surface area contributed by atoms with Gasteiger partial charge < -0.3 is 14.8 Å². The molecule has 0 aliphatic rings. The van der Waals surface area contributed by atoms with Crippen molar-refractivity contribution in [3.05, 3.63) is 30.0 Å². The number of fused-ring (bicyclic) bond motifs is 1. The molecule has 1 N–H and O–H groups in total. The van der Waals surface area contributed by atoms with Crippen LogP contribution in [-0.2, 0) is 14.3 Å². The molecule has 2 aromatic rings. The highest BCUT2D eigenvalue weighted by atomic mass is 16.5. The molecular weight excluding hydrogens is 322 g/mol. The lowest BCUT2D eigenvalue weighted by Crippen LogP contribution is -2.18. The fraction of sp³-hybridized carbons (Fsp3) is 0.444. The van der Waals surface area contributed by atoms with Gasteiger partial charge in [-0.25, -0.2) is 14.8 Å². The first-order valence-electron chi connectivity index (χ1n) is 8.35. The molecule has 0 spiro atoms. The molecule has 134 valence electrons. The van der Waals surface area contributed by atoms with Crippen LogP contribution in [0.5, 0.6) is 0 Å². The third-order valence-corrected chi connectivity index (χ3v) is 3.34. The molecule has 0 atom stereocenters. The Bertz CT molecular complexity index is 746. The second kappa shape index (κ2) is 9.08. The van der Waals surface area contributed by atoms with E-state index < -0.39 is 5.97 Å². The molecular formula is C18H23N3O4. The van der Waals surface area contributed by atoms with Crippen molar-refractivity contribution in [2.45, 2.75) is 39.7 Å². The Morgan fingerprint density at radius 2 is 2.12 bits per heavy atom. The number of anilines is 1. The van der Waals surface area contributed by atoms with Crippen LogP contribution in [0.3, 0.4) is 0 Å². The lowest BCUT2D eigenvalue weighted by molar-refractivity contribution is -0.116. The lowest BCUT2D eigenvalue weighted by Gasteiger charge is -2.11. The Labute approximate surface area is 146 Å². The summed E-state index contributed by atoms with van der Waals surface area (Å²) in [6, 6.07) is 5.18. The van der Waals surface area contributed by atoms with Crippen LogP contribution in [0.15, 0.2) is 24.4 Å². The average molecular weight is 345 g/mol. The number of hydrogen-bond acceptors (Lipinski definition) is 6. The number of rotatable bonds is 8. The van der Waals surface area contributed by atoms with E-state index >= 15 is 0 Å². The molecule has 0 aliphatic carbocycles. The Hall–Kier alpha value is -2.54. The predicted molar refractivity (Wildman–Crippen MR) is 94.4 cm³/mol. The number of carbonyl (C=O) groups excluding carboxylic acids is 2. The zero-order chi connectivity index (χ0) is 18.2. The minimum absolute atomic E-state index is 0.131. The van der Waals surface area contributed by atoms with Crippen molar-refractivity contribution >= 4 is 28.7 Å². The first-order valence-corrected chi connectivity index (χ1v) is 8.35. The summed E-state index contributed by atoms with van der Waals surface area (Å²) >= 11 is 0. The maximum Gasteiger partial charge on any atom is 0.341 e. The van der Waals surface area contributed by atoms with Gasteiger partial charge in [0.15, 0.2) is 5.65 Å². The third kappa shape index (κ3) is 5.49. The van der Waals surface area contributed by atoms with E-state index in [2.05, 4.69) is 15.3 Å². The first-order chi connectivity index (χ1) is 12.0. The van der Waals surface area contributed by atoms with Gasteiger partial charge in [0.25, 0.3) is 0 Å². The van der Waals surface area contributed by atoms with Crippen molar-refractivity contribution in [3.63, 3.8) is 0 Å². The minimum Gasteiger partial charge on any atom is -0.462 e. The van der Waals surface area contributed by atoms with Gasteiger partial charge in [0.05, 0.1) is 12.7 Å².